The van der Waals surface area contributed by atoms with Crippen LogP contribution in [0, 0.1) is 6.92 Å². The maximum Gasteiger partial charge on any atom is 0.237 e. The van der Waals surface area contributed by atoms with Crippen molar-refractivity contribution in [3.63, 3.8) is 0 Å². The molecule has 0 bridgehead atoms. The fourth-order valence-corrected chi connectivity index (χ4v) is 3.90. The largest absolute Gasteiger partial charge is 0.486 e. The topological polar surface area (TPSA) is 86.3 Å². The van der Waals surface area contributed by atoms with Gasteiger partial charge in [0.05, 0.1) is 5.75 Å². The van der Waals surface area contributed by atoms with Gasteiger partial charge in [0, 0.05) is 12.2 Å². The summed E-state index contributed by atoms with van der Waals surface area (Å²) < 4.78 is 7.16. The van der Waals surface area contributed by atoms with Crippen molar-refractivity contribution in [1.82, 2.24) is 14.9 Å². The molecule has 2 N–H and O–H groups in total. The molecule has 0 aliphatic carbocycles. The first-order valence-electron chi connectivity index (χ1n) is 10.3. The Balaban J connectivity index is 1.58. The molecule has 1 aromatic heterocycles. The number of aryl methyl sites for hydroxylation is 1. The monoisotopic (exact) mass is 439 g/mol. The number of carbonyl (C=O) groups excluding carboxylic acids is 1. The third-order valence-corrected chi connectivity index (χ3v) is 5.93. The summed E-state index contributed by atoms with van der Waals surface area (Å²) in [4.78, 5) is 14.6. The SMILES string of the molecule is CCN(C(=O)CSc1nnc(COc2ccc(C(C)C)cc2)n1N)c1ccccc1C. The van der Waals surface area contributed by atoms with E-state index in [0.717, 1.165) is 17.0 Å². The van der Waals surface area contributed by atoms with Crippen LogP contribution in [0.3, 0.4) is 0 Å². The van der Waals surface area contributed by atoms with Gasteiger partial charge in [-0.1, -0.05) is 55.9 Å². The smallest absolute Gasteiger partial charge is 0.237 e. The van der Waals surface area contributed by atoms with Crippen LogP contribution >= 0.6 is 11.8 Å². The van der Waals surface area contributed by atoms with E-state index in [4.69, 9.17) is 10.6 Å². The molecule has 0 atom stereocenters. The van der Waals surface area contributed by atoms with Gasteiger partial charge in [-0.2, -0.15) is 0 Å². The number of nitrogen functional groups attached to an aromatic ring is 1. The van der Waals surface area contributed by atoms with Gasteiger partial charge in [0.25, 0.3) is 0 Å². The first kappa shape index (κ1) is 22.7. The summed E-state index contributed by atoms with van der Waals surface area (Å²) in [5.41, 5.74) is 3.23. The second kappa shape index (κ2) is 10.3. The van der Waals surface area contributed by atoms with E-state index in [9.17, 15) is 4.79 Å². The first-order chi connectivity index (χ1) is 14.9. The molecule has 2 aromatic carbocycles. The van der Waals surface area contributed by atoms with Crippen molar-refractivity contribution in [2.45, 2.75) is 45.4 Å². The van der Waals surface area contributed by atoms with Crippen molar-refractivity contribution < 1.29 is 9.53 Å². The number of hydrogen-bond acceptors (Lipinski definition) is 6. The van der Waals surface area contributed by atoms with Gasteiger partial charge in [0.15, 0.2) is 5.82 Å². The highest BCUT2D eigenvalue weighted by Gasteiger charge is 2.18. The molecular formula is C23H29N5O2S. The van der Waals surface area contributed by atoms with E-state index in [1.807, 2.05) is 62.4 Å². The average Bonchev–Trinajstić information content (AvgIpc) is 3.12. The Bertz CT molecular complexity index is 1020. The number of aromatic nitrogens is 3. The molecule has 0 unspecified atom stereocenters. The average molecular weight is 440 g/mol. The summed E-state index contributed by atoms with van der Waals surface area (Å²) in [6, 6.07) is 15.8. The van der Waals surface area contributed by atoms with Crippen LogP contribution in [0.1, 0.15) is 43.6 Å². The van der Waals surface area contributed by atoms with E-state index >= 15 is 0 Å². The predicted octanol–water partition coefficient (Wildman–Crippen LogP) is 4.15. The fourth-order valence-electron chi connectivity index (χ4n) is 3.15. The number of benzene rings is 2. The van der Waals surface area contributed by atoms with Gasteiger partial charge < -0.3 is 15.5 Å². The number of para-hydroxylation sites is 1. The number of nitrogens with two attached hydrogens (primary N) is 1. The van der Waals surface area contributed by atoms with E-state index in [2.05, 4.69) is 24.0 Å². The summed E-state index contributed by atoms with van der Waals surface area (Å²) >= 11 is 1.26. The molecule has 1 amide bonds. The molecule has 0 fully saturated rings. The minimum absolute atomic E-state index is 0.00663. The van der Waals surface area contributed by atoms with Crippen molar-refractivity contribution >= 4 is 23.4 Å². The van der Waals surface area contributed by atoms with Crippen LogP contribution in [0.2, 0.25) is 0 Å². The van der Waals surface area contributed by atoms with Crippen LogP contribution in [0.5, 0.6) is 5.75 Å². The van der Waals surface area contributed by atoms with E-state index in [0.29, 0.717) is 23.4 Å². The second-order valence-corrected chi connectivity index (χ2v) is 8.44. The molecule has 0 saturated carbocycles. The summed E-state index contributed by atoms with van der Waals surface area (Å²) in [7, 11) is 0. The molecule has 31 heavy (non-hydrogen) atoms. The zero-order valence-electron chi connectivity index (χ0n) is 18.4. The molecular weight excluding hydrogens is 410 g/mol. The molecule has 164 valence electrons. The summed E-state index contributed by atoms with van der Waals surface area (Å²) in [5.74, 6) is 8.05. The minimum Gasteiger partial charge on any atom is -0.486 e. The third kappa shape index (κ3) is 5.58. The number of rotatable bonds is 9. The normalized spacial score (nSPS) is 11.0. The van der Waals surface area contributed by atoms with Gasteiger partial charge in [0.2, 0.25) is 11.1 Å². The van der Waals surface area contributed by atoms with Crippen molar-refractivity contribution in [3.8, 4) is 5.75 Å². The molecule has 0 spiro atoms. The van der Waals surface area contributed by atoms with Gasteiger partial charge in [-0.25, -0.2) is 4.68 Å². The molecule has 8 heteroatoms. The van der Waals surface area contributed by atoms with Gasteiger partial charge in [-0.3, -0.25) is 4.79 Å². The zero-order chi connectivity index (χ0) is 22.4. The van der Waals surface area contributed by atoms with Gasteiger partial charge in [-0.15, -0.1) is 10.2 Å². The molecule has 0 aliphatic rings. The van der Waals surface area contributed by atoms with Crippen molar-refractivity contribution in [2.75, 3.05) is 23.0 Å². The Labute approximate surface area is 187 Å². The highest BCUT2D eigenvalue weighted by atomic mass is 32.2. The van der Waals surface area contributed by atoms with Crippen LogP contribution in [0.15, 0.2) is 53.7 Å². The van der Waals surface area contributed by atoms with E-state index < -0.39 is 0 Å². The number of ether oxygens (including phenoxy) is 1. The highest BCUT2D eigenvalue weighted by molar-refractivity contribution is 7.99. The summed E-state index contributed by atoms with van der Waals surface area (Å²) in [6.07, 6.45) is 0. The van der Waals surface area contributed by atoms with Crippen molar-refractivity contribution in [3.05, 3.63) is 65.5 Å². The van der Waals surface area contributed by atoms with Crippen LogP contribution in [-0.4, -0.2) is 33.1 Å². The number of amides is 1. The zero-order valence-corrected chi connectivity index (χ0v) is 19.2. The van der Waals surface area contributed by atoms with E-state index in [-0.39, 0.29) is 18.3 Å². The fraction of sp³-hybridized carbons (Fsp3) is 0.348. The molecule has 0 radical (unpaired) electrons. The Morgan fingerprint density at radius 3 is 2.52 bits per heavy atom. The minimum atomic E-state index is -0.00663. The standard InChI is InChI=1S/C23H29N5O2S/c1-5-27(20-9-7-6-8-17(20)4)22(29)15-31-23-26-25-21(28(23)24)14-30-19-12-10-18(11-13-19)16(2)3/h6-13,16H,5,14-15,24H2,1-4H3. The van der Waals surface area contributed by atoms with E-state index in [1.54, 1.807) is 4.90 Å². The van der Waals surface area contributed by atoms with Gasteiger partial charge in [-0.05, 0) is 49.1 Å². The summed E-state index contributed by atoms with van der Waals surface area (Å²) in [6.45, 7) is 9.05. The maximum absolute atomic E-state index is 12.8. The van der Waals surface area contributed by atoms with Crippen LogP contribution in [0.4, 0.5) is 5.69 Å². The quantitative estimate of drug-likeness (QED) is 0.398. The first-order valence-corrected chi connectivity index (χ1v) is 11.3. The maximum atomic E-state index is 12.8. The van der Waals surface area contributed by atoms with Crippen molar-refractivity contribution in [2.24, 2.45) is 0 Å². The molecule has 1 heterocycles. The Morgan fingerprint density at radius 2 is 1.87 bits per heavy atom. The lowest BCUT2D eigenvalue weighted by atomic mass is 10.0. The van der Waals surface area contributed by atoms with Gasteiger partial charge >= 0.3 is 0 Å². The molecule has 3 rings (SSSR count). The number of anilines is 1. The molecule has 7 nitrogen and oxygen atoms in total. The summed E-state index contributed by atoms with van der Waals surface area (Å²) in [5, 5.41) is 8.70. The lowest BCUT2D eigenvalue weighted by Crippen LogP contribution is -2.32. The lowest BCUT2D eigenvalue weighted by molar-refractivity contribution is -0.116. The molecule has 3 aromatic rings. The van der Waals surface area contributed by atoms with Crippen LogP contribution < -0.4 is 15.5 Å². The third-order valence-electron chi connectivity index (χ3n) is 5.00. The van der Waals surface area contributed by atoms with Crippen molar-refractivity contribution in [1.29, 1.82) is 0 Å². The second-order valence-electron chi connectivity index (χ2n) is 7.49. The Hall–Kier alpha value is -3.00. The highest BCUT2D eigenvalue weighted by Crippen LogP contribution is 2.23. The number of carbonyl (C=O) groups is 1. The van der Waals surface area contributed by atoms with Gasteiger partial charge in [0.1, 0.15) is 12.4 Å². The predicted molar refractivity (Wildman–Crippen MR) is 125 cm³/mol. The van der Waals surface area contributed by atoms with E-state index in [1.165, 1.54) is 22.0 Å². The van der Waals surface area contributed by atoms with Crippen LogP contribution in [0.25, 0.3) is 0 Å². The Kier molecular flexibility index (Phi) is 7.57. The Morgan fingerprint density at radius 1 is 1.16 bits per heavy atom. The number of thioether (sulfide) groups is 1. The molecule has 0 saturated heterocycles. The molecule has 0 aliphatic heterocycles. The number of nitrogens with zero attached hydrogens (tertiary/aromatic N) is 4. The van der Waals surface area contributed by atoms with Crippen LogP contribution in [-0.2, 0) is 11.4 Å². The lowest BCUT2D eigenvalue weighted by Gasteiger charge is -2.22. The number of hydrogen-bond donors (Lipinski definition) is 1.